The monoisotopic (exact) mass is 294 g/mol. The van der Waals surface area contributed by atoms with Crippen LogP contribution in [0, 0.1) is 12.7 Å². The molecule has 0 aliphatic heterocycles. The second kappa shape index (κ2) is 5.27. The van der Waals surface area contributed by atoms with Crippen molar-refractivity contribution in [3.05, 3.63) is 58.1 Å². The lowest BCUT2D eigenvalue weighted by molar-refractivity contribution is 0.627. The molecule has 1 heterocycles. The molecule has 1 aromatic carbocycles. The highest BCUT2D eigenvalue weighted by Gasteiger charge is 2.00. The Hall–Kier alpha value is -1.42. The lowest BCUT2D eigenvalue weighted by Crippen LogP contribution is -2.03. The number of nitrogens with one attached hydrogen (secondary N) is 1. The first-order valence-electron chi connectivity index (χ1n) is 5.26. The van der Waals surface area contributed by atoms with Gasteiger partial charge in [0.2, 0.25) is 0 Å². The van der Waals surface area contributed by atoms with Crippen molar-refractivity contribution in [2.45, 2.75) is 13.5 Å². The van der Waals surface area contributed by atoms with Gasteiger partial charge in [-0.3, -0.25) is 0 Å². The number of hydrogen-bond acceptors (Lipinski definition) is 2. The molecule has 0 amide bonds. The van der Waals surface area contributed by atoms with Gasteiger partial charge in [0.25, 0.3) is 0 Å². The Morgan fingerprint density at radius 2 is 2.12 bits per heavy atom. The van der Waals surface area contributed by atoms with Crippen molar-refractivity contribution in [3.8, 4) is 0 Å². The average molecular weight is 295 g/mol. The maximum absolute atomic E-state index is 12.9. The third kappa shape index (κ3) is 3.27. The minimum Gasteiger partial charge on any atom is -0.379 e. The predicted molar refractivity (Wildman–Crippen MR) is 70.4 cm³/mol. The zero-order valence-corrected chi connectivity index (χ0v) is 11.0. The highest BCUT2D eigenvalue weighted by molar-refractivity contribution is 9.10. The van der Waals surface area contributed by atoms with Gasteiger partial charge in [0.05, 0.1) is 12.2 Å². The number of rotatable bonds is 3. The molecule has 88 valence electrons. The standard InChI is InChI=1S/C13H12BrFN2/c1-9-7-10(15)5-6-12(9)16-8-11-3-2-4-13(14)17-11/h2-7,16H,8H2,1H3. The van der Waals surface area contributed by atoms with Crippen LogP contribution in [0.25, 0.3) is 0 Å². The first-order valence-corrected chi connectivity index (χ1v) is 6.06. The summed E-state index contributed by atoms with van der Waals surface area (Å²) in [6, 6.07) is 10.5. The van der Waals surface area contributed by atoms with Gasteiger partial charge in [-0.2, -0.15) is 0 Å². The Morgan fingerprint density at radius 1 is 1.29 bits per heavy atom. The smallest absolute Gasteiger partial charge is 0.123 e. The molecule has 0 radical (unpaired) electrons. The number of anilines is 1. The predicted octanol–water partition coefficient (Wildman–Crippen LogP) is 3.90. The quantitative estimate of drug-likeness (QED) is 0.869. The van der Waals surface area contributed by atoms with Gasteiger partial charge < -0.3 is 5.32 Å². The summed E-state index contributed by atoms with van der Waals surface area (Å²) in [7, 11) is 0. The maximum atomic E-state index is 12.9. The minimum atomic E-state index is -0.214. The van der Waals surface area contributed by atoms with E-state index in [0.29, 0.717) is 6.54 Å². The van der Waals surface area contributed by atoms with E-state index >= 15 is 0 Å². The summed E-state index contributed by atoms with van der Waals surface area (Å²) in [5.41, 5.74) is 2.75. The molecule has 0 spiro atoms. The van der Waals surface area contributed by atoms with Crippen LogP contribution < -0.4 is 5.32 Å². The Bertz CT molecular complexity index is 529. The summed E-state index contributed by atoms with van der Waals surface area (Å²) in [5.74, 6) is -0.214. The largest absolute Gasteiger partial charge is 0.379 e. The number of halogens is 2. The van der Waals surface area contributed by atoms with Gasteiger partial charge in [-0.25, -0.2) is 9.37 Å². The van der Waals surface area contributed by atoms with Crippen LogP contribution in [-0.2, 0) is 6.54 Å². The van der Waals surface area contributed by atoms with E-state index in [-0.39, 0.29) is 5.82 Å². The molecule has 0 atom stereocenters. The molecular weight excluding hydrogens is 283 g/mol. The minimum absolute atomic E-state index is 0.214. The lowest BCUT2D eigenvalue weighted by atomic mass is 10.2. The number of nitrogens with zero attached hydrogens (tertiary/aromatic N) is 1. The molecule has 2 aromatic rings. The molecular formula is C13H12BrFN2. The molecule has 17 heavy (non-hydrogen) atoms. The van der Waals surface area contributed by atoms with Gasteiger partial charge in [0, 0.05) is 5.69 Å². The number of aromatic nitrogens is 1. The van der Waals surface area contributed by atoms with Gasteiger partial charge >= 0.3 is 0 Å². The Morgan fingerprint density at radius 3 is 2.82 bits per heavy atom. The summed E-state index contributed by atoms with van der Waals surface area (Å²) in [6.07, 6.45) is 0. The summed E-state index contributed by atoms with van der Waals surface area (Å²) >= 11 is 3.32. The van der Waals surface area contributed by atoms with Gasteiger partial charge in [0.15, 0.2) is 0 Å². The summed E-state index contributed by atoms with van der Waals surface area (Å²) in [4.78, 5) is 4.32. The highest BCUT2D eigenvalue weighted by Crippen LogP contribution is 2.16. The summed E-state index contributed by atoms with van der Waals surface area (Å²) in [6.45, 7) is 2.49. The van der Waals surface area contributed by atoms with Crippen LogP contribution in [0.4, 0.5) is 10.1 Å². The van der Waals surface area contributed by atoms with Crippen molar-refractivity contribution < 1.29 is 4.39 Å². The van der Waals surface area contributed by atoms with Crippen molar-refractivity contribution in [2.24, 2.45) is 0 Å². The van der Waals surface area contributed by atoms with E-state index in [0.717, 1.165) is 21.5 Å². The van der Waals surface area contributed by atoms with Crippen LogP contribution in [0.2, 0.25) is 0 Å². The molecule has 1 aromatic heterocycles. The topological polar surface area (TPSA) is 24.9 Å². The van der Waals surface area contributed by atoms with E-state index in [4.69, 9.17) is 0 Å². The van der Waals surface area contributed by atoms with Crippen molar-refractivity contribution >= 4 is 21.6 Å². The maximum Gasteiger partial charge on any atom is 0.123 e. The van der Waals surface area contributed by atoms with Gasteiger partial charge in [-0.1, -0.05) is 6.07 Å². The van der Waals surface area contributed by atoms with Crippen LogP contribution in [0.15, 0.2) is 41.0 Å². The molecule has 0 fully saturated rings. The summed E-state index contributed by atoms with van der Waals surface area (Å²) in [5, 5.41) is 3.23. The molecule has 4 heteroatoms. The molecule has 0 saturated carbocycles. The SMILES string of the molecule is Cc1cc(F)ccc1NCc1cccc(Br)n1. The highest BCUT2D eigenvalue weighted by atomic mass is 79.9. The molecule has 1 N–H and O–H groups in total. The lowest BCUT2D eigenvalue weighted by Gasteiger charge is -2.09. The molecule has 0 saturated heterocycles. The van der Waals surface area contributed by atoms with E-state index < -0.39 is 0 Å². The number of aryl methyl sites for hydroxylation is 1. The zero-order valence-electron chi connectivity index (χ0n) is 9.37. The van der Waals surface area contributed by atoms with Crippen molar-refractivity contribution in [2.75, 3.05) is 5.32 Å². The second-order valence-electron chi connectivity index (χ2n) is 3.76. The second-order valence-corrected chi connectivity index (χ2v) is 4.58. The van der Waals surface area contributed by atoms with Crippen molar-refractivity contribution in [1.82, 2.24) is 4.98 Å². The van der Waals surface area contributed by atoms with Crippen molar-refractivity contribution in [3.63, 3.8) is 0 Å². The third-order valence-corrected chi connectivity index (χ3v) is 2.86. The number of hydrogen-bond donors (Lipinski definition) is 1. The fourth-order valence-corrected chi connectivity index (χ4v) is 1.94. The van der Waals surface area contributed by atoms with Crippen molar-refractivity contribution in [1.29, 1.82) is 0 Å². The fourth-order valence-electron chi connectivity index (χ4n) is 1.56. The number of pyridine rings is 1. The Labute approximate surface area is 108 Å². The average Bonchev–Trinajstić information content (AvgIpc) is 2.28. The Balaban J connectivity index is 2.07. The number of benzene rings is 1. The summed E-state index contributed by atoms with van der Waals surface area (Å²) < 4.78 is 13.7. The van der Waals surface area contributed by atoms with E-state index in [1.165, 1.54) is 12.1 Å². The van der Waals surface area contributed by atoms with E-state index in [1.807, 2.05) is 25.1 Å². The zero-order chi connectivity index (χ0) is 12.3. The van der Waals surface area contributed by atoms with Gasteiger partial charge in [0.1, 0.15) is 10.4 Å². The van der Waals surface area contributed by atoms with Gasteiger partial charge in [-0.05, 0) is 58.7 Å². The van der Waals surface area contributed by atoms with Crippen LogP contribution in [-0.4, -0.2) is 4.98 Å². The van der Waals surface area contributed by atoms with E-state index in [1.54, 1.807) is 6.07 Å². The molecule has 2 rings (SSSR count). The fraction of sp³-hybridized carbons (Fsp3) is 0.154. The normalized spacial score (nSPS) is 10.3. The Kier molecular flexibility index (Phi) is 3.74. The van der Waals surface area contributed by atoms with Crippen LogP contribution in [0.3, 0.4) is 0 Å². The van der Waals surface area contributed by atoms with Crippen LogP contribution in [0.1, 0.15) is 11.3 Å². The first-order chi connectivity index (χ1) is 8.15. The van der Waals surface area contributed by atoms with Crippen LogP contribution in [0.5, 0.6) is 0 Å². The third-order valence-electron chi connectivity index (χ3n) is 2.42. The van der Waals surface area contributed by atoms with E-state index in [9.17, 15) is 4.39 Å². The molecule has 0 aliphatic rings. The molecule has 0 aliphatic carbocycles. The molecule has 0 unspecified atom stereocenters. The molecule has 0 bridgehead atoms. The van der Waals surface area contributed by atoms with Gasteiger partial charge in [-0.15, -0.1) is 0 Å². The first kappa shape index (κ1) is 12.0. The van der Waals surface area contributed by atoms with Crippen LogP contribution >= 0.6 is 15.9 Å². The van der Waals surface area contributed by atoms with E-state index in [2.05, 4.69) is 26.2 Å². The molecule has 2 nitrogen and oxygen atoms in total.